The topological polar surface area (TPSA) is 91.5 Å². The first kappa shape index (κ1) is 18.2. The summed E-state index contributed by atoms with van der Waals surface area (Å²) in [6.45, 7) is 0.166. The van der Waals surface area contributed by atoms with Gasteiger partial charge in [0.2, 0.25) is 5.91 Å². The molecule has 1 amide bonds. The Labute approximate surface area is 163 Å². The molecule has 1 aliphatic heterocycles. The molecule has 1 unspecified atom stereocenters. The Hall–Kier alpha value is -3.16. The molecule has 4 rings (SSSR count). The number of nitrogens with two attached hydrogens (primary N) is 1. The number of carbonyl (C=O) groups excluding carboxylic acids is 1. The molecule has 0 aliphatic carbocycles. The highest BCUT2D eigenvalue weighted by Crippen LogP contribution is 2.25. The van der Waals surface area contributed by atoms with Crippen molar-refractivity contribution >= 4 is 41.0 Å². The molecule has 0 spiro atoms. The van der Waals surface area contributed by atoms with Crippen LogP contribution < -0.4 is 16.5 Å². The maximum Gasteiger partial charge on any atom is 0.449 e. The van der Waals surface area contributed by atoms with Gasteiger partial charge in [0.05, 0.1) is 5.92 Å². The van der Waals surface area contributed by atoms with Gasteiger partial charge in [-0.1, -0.05) is 24.3 Å². The van der Waals surface area contributed by atoms with Crippen LogP contribution in [0.25, 0.3) is 16.8 Å². The number of fused-ring (bicyclic) bond motifs is 2. The number of benzene rings is 2. The van der Waals surface area contributed by atoms with Gasteiger partial charge in [-0.2, -0.15) is 0 Å². The Kier molecular flexibility index (Phi) is 4.85. The van der Waals surface area contributed by atoms with Crippen molar-refractivity contribution in [3.8, 4) is 0 Å². The van der Waals surface area contributed by atoms with E-state index in [1.165, 1.54) is 0 Å². The van der Waals surface area contributed by atoms with Crippen molar-refractivity contribution in [3.63, 3.8) is 0 Å². The zero-order chi connectivity index (χ0) is 19.7. The third-order valence-electron chi connectivity index (χ3n) is 5.15. The molecular weight excluding hydrogens is 351 g/mol. The van der Waals surface area contributed by atoms with Crippen molar-refractivity contribution in [2.75, 3.05) is 18.9 Å². The molecule has 3 aromatic rings. The van der Waals surface area contributed by atoms with E-state index in [0.717, 1.165) is 27.4 Å². The van der Waals surface area contributed by atoms with Crippen molar-refractivity contribution in [1.29, 1.82) is 0 Å². The van der Waals surface area contributed by atoms with Gasteiger partial charge in [0.25, 0.3) is 0 Å². The first-order valence-corrected chi connectivity index (χ1v) is 9.14. The third kappa shape index (κ3) is 3.26. The summed E-state index contributed by atoms with van der Waals surface area (Å²) in [7, 11) is 1.06. The summed E-state index contributed by atoms with van der Waals surface area (Å²) < 4.78 is 0. The first-order chi connectivity index (χ1) is 13.6. The largest absolute Gasteiger partial charge is 0.449 e. The van der Waals surface area contributed by atoms with Crippen LogP contribution in [0.4, 0.5) is 5.69 Å². The smallest absolute Gasteiger partial charge is 0.429 e. The first-order valence-electron chi connectivity index (χ1n) is 9.14. The summed E-state index contributed by atoms with van der Waals surface area (Å²) >= 11 is 0. The standard InChI is InChI=1S/C21H21BN4O2/c1-26-10-8-18-17(3-2-4-20(18)22(26)28)19(12-23)21(27)25-16-6-5-15-13-24-9-7-14(15)11-16/h2-11,13,19,28H,12,23H2,1H3,(H,25,27). The third-order valence-corrected chi connectivity index (χ3v) is 5.15. The van der Waals surface area contributed by atoms with Crippen molar-refractivity contribution in [1.82, 2.24) is 9.79 Å². The number of pyridine rings is 1. The second kappa shape index (κ2) is 7.46. The molecule has 28 heavy (non-hydrogen) atoms. The van der Waals surface area contributed by atoms with Crippen LogP contribution in [0, 0.1) is 0 Å². The van der Waals surface area contributed by atoms with E-state index in [2.05, 4.69) is 10.3 Å². The number of nitrogens with one attached hydrogen (secondary N) is 1. The summed E-state index contributed by atoms with van der Waals surface area (Å²) in [6.07, 6.45) is 7.23. The van der Waals surface area contributed by atoms with Gasteiger partial charge < -0.3 is 20.9 Å². The van der Waals surface area contributed by atoms with Crippen molar-refractivity contribution < 1.29 is 9.82 Å². The van der Waals surface area contributed by atoms with Crippen molar-refractivity contribution in [2.45, 2.75) is 5.92 Å². The molecule has 0 bridgehead atoms. The molecule has 7 heteroatoms. The van der Waals surface area contributed by atoms with Gasteiger partial charge in [-0.15, -0.1) is 0 Å². The van der Waals surface area contributed by atoms with E-state index < -0.39 is 13.0 Å². The Morgan fingerprint density at radius 1 is 1.29 bits per heavy atom. The molecule has 0 saturated carbocycles. The van der Waals surface area contributed by atoms with Crippen LogP contribution in [-0.2, 0) is 4.79 Å². The lowest BCUT2D eigenvalue weighted by Crippen LogP contribution is -2.47. The van der Waals surface area contributed by atoms with Crippen LogP contribution in [0.5, 0.6) is 0 Å². The number of hydrogen-bond acceptors (Lipinski definition) is 5. The van der Waals surface area contributed by atoms with Crippen LogP contribution >= 0.6 is 0 Å². The molecule has 1 atom stereocenters. The molecule has 2 heterocycles. The maximum atomic E-state index is 13.0. The molecule has 1 aliphatic rings. The summed E-state index contributed by atoms with van der Waals surface area (Å²) in [5, 5.41) is 15.4. The van der Waals surface area contributed by atoms with E-state index in [4.69, 9.17) is 5.73 Å². The minimum absolute atomic E-state index is 0.166. The monoisotopic (exact) mass is 372 g/mol. The van der Waals surface area contributed by atoms with Gasteiger partial charge in [0, 0.05) is 30.0 Å². The zero-order valence-corrected chi connectivity index (χ0v) is 15.5. The molecule has 1 aromatic heterocycles. The normalized spacial score (nSPS) is 14.1. The second-order valence-electron chi connectivity index (χ2n) is 6.92. The SMILES string of the molecule is CN1C=Cc2c(cccc2C(CN)C(=O)Nc2ccc3cnccc3c2)B1O. The van der Waals surface area contributed by atoms with E-state index in [0.29, 0.717) is 5.69 Å². The number of anilines is 1. The second-order valence-corrected chi connectivity index (χ2v) is 6.92. The highest BCUT2D eigenvalue weighted by atomic mass is 16.2. The van der Waals surface area contributed by atoms with Gasteiger partial charge in [-0.05, 0) is 59.5 Å². The summed E-state index contributed by atoms with van der Waals surface area (Å²) in [6, 6.07) is 13.2. The van der Waals surface area contributed by atoms with Crippen LogP contribution in [-0.4, -0.2) is 41.4 Å². The fraction of sp³-hybridized carbons (Fsp3) is 0.143. The van der Waals surface area contributed by atoms with Crippen LogP contribution in [0.1, 0.15) is 17.0 Å². The predicted molar refractivity (Wildman–Crippen MR) is 113 cm³/mol. The number of nitrogens with zero attached hydrogens (tertiary/aromatic N) is 2. The van der Waals surface area contributed by atoms with E-state index in [1.54, 1.807) is 30.5 Å². The van der Waals surface area contributed by atoms with E-state index >= 15 is 0 Å². The molecular formula is C21H21BN4O2. The van der Waals surface area contributed by atoms with Crippen LogP contribution in [0.15, 0.2) is 61.1 Å². The number of carbonyl (C=O) groups is 1. The van der Waals surface area contributed by atoms with Crippen LogP contribution in [0.3, 0.4) is 0 Å². The predicted octanol–water partition coefficient (Wildman–Crippen LogP) is 1.52. The van der Waals surface area contributed by atoms with Gasteiger partial charge in [-0.25, -0.2) is 0 Å². The zero-order valence-electron chi connectivity index (χ0n) is 15.5. The highest BCUT2D eigenvalue weighted by Gasteiger charge is 2.29. The number of hydrogen-bond donors (Lipinski definition) is 3. The minimum Gasteiger partial charge on any atom is -0.429 e. The lowest BCUT2D eigenvalue weighted by Gasteiger charge is -2.27. The van der Waals surface area contributed by atoms with E-state index in [1.807, 2.05) is 48.5 Å². The minimum atomic E-state index is -0.740. The van der Waals surface area contributed by atoms with Crippen molar-refractivity contribution in [2.24, 2.45) is 5.73 Å². The molecule has 6 nitrogen and oxygen atoms in total. The number of aromatic nitrogens is 1. The molecule has 0 saturated heterocycles. The van der Waals surface area contributed by atoms with E-state index in [9.17, 15) is 9.82 Å². The molecule has 4 N–H and O–H groups in total. The quantitative estimate of drug-likeness (QED) is 0.604. The molecule has 2 aromatic carbocycles. The maximum absolute atomic E-state index is 13.0. The van der Waals surface area contributed by atoms with Gasteiger partial charge in [0.1, 0.15) is 0 Å². The van der Waals surface area contributed by atoms with Gasteiger partial charge in [-0.3, -0.25) is 9.78 Å². The van der Waals surface area contributed by atoms with Crippen molar-refractivity contribution in [3.05, 3.63) is 72.2 Å². The molecule has 0 fully saturated rings. The Morgan fingerprint density at radius 3 is 2.96 bits per heavy atom. The lowest BCUT2D eigenvalue weighted by atomic mass is 9.66. The fourth-order valence-corrected chi connectivity index (χ4v) is 3.58. The Balaban J connectivity index is 1.64. The van der Waals surface area contributed by atoms with Gasteiger partial charge in [0.15, 0.2) is 0 Å². The Morgan fingerprint density at radius 2 is 2.14 bits per heavy atom. The molecule has 140 valence electrons. The summed E-state index contributed by atoms with van der Waals surface area (Å²) in [4.78, 5) is 18.8. The lowest BCUT2D eigenvalue weighted by molar-refractivity contribution is -0.117. The number of rotatable bonds is 4. The van der Waals surface area contributed by atoms with Gasteiger partial charge >= 0.3 is 7.05 Å². The number of amides is 1. The summed E-state index contributed by atoms with van der Waals surface area (Å²) in [5.74, 6) is -0.700. The average Bonchev–Trinajstić information content (AvgIpc) is 2.71. The fourth-order valence-electron chi connectivity index (χ4n) is 3.58. The summed E-state index contributed by atoms with van der Waals surface area (Å²) in [5.41, 5.74) is 9.12. The highest BCUT2D eigenvalue weighted by molar-refractivity contribution is 6.65. The van der Waals surface area contributed by atoms with E-state index in [-0.39, 0.29) is 12.5 Å². The van der Waals surface area contributed by atoms with Crippen LogP contribution in [0.2, 0.25) is 0 Å². The Bertz CT molecular complexity index is 1070. The molecule has 0 radical (unpaired) electrons. The average molecular weight is 372 g/mol.